The van der Waals surface area contributed by atoms with Crippen LogP contribution < -0.4 is 10.1 Å². The van der Waals surface area contributed by atoms with Crippen molar-refractivity contribution >= 4 is 12.0 Å². The van der Waals surface area contributed by atoms with Gasteiger partial charge >= 0.3 is 6.09 Å². The van der Waals surface area contributed by atoms with E-state index in [0.29, 0.717) is 26.1 Å². The zero-order chi connectivity index (χ0) is 17.7. The second-order valence-corrected chi connectivity index (χ2v) is 6.98. The molecule has 1 aliphatic rings. The molecule has 1 atom stereocenters. The van der Waals surface area contributed by atoms with Gasteiger partial charge in [-0.05, 0) is 44.9 Å². The smallest absolute Gasteiger partial charge is 0.410 e. The predicted molar refractivity (Wildman–Crippen MR) is 90.8 cm³/mol. The molecule has 2 amide bonds. The number of benzene rings is 1. The molecule has 132 valence electrons. The summed E-state index contributed by atoms with van der Waals surface area (Å²) in [7, 11) is 1.61. The van der Waals surface area contributed by atoms with Crippen LogP contribution in [0.15, 0.2) is 24.3 Å². The van der Waals surface area contributed by atoms with Crippen LogP contribution in [-0.4, -0.2) is 42.7 Å². The molecular weight excluding hydrogens is 308 g/mol. The summed E-state index contributed by atoms with van der Waals surface area (Å²) in [6, 6.07) is 7.58. The molecule has 0 radical (unpaired) electrons. The van der Waals surface area contributed by atoms with Crippen LogP contribution in [0.2, 0.25) is 0 Å². The first-order valence-corrected chi connectivity index (χ1v) is 8.17. The van der Waals surface area contributed by atoms with Crippen LogP contribution in [0.3, 0.4) is 0 Å². The first-order valence-electron chi connectivity index (χ1n) is 8.17. The summed E-state index contributed by atoms with van der Waals surface area (Å²) in [5.74, 6) is 0.533. The molecule has 1 aliphatic heterocycles. The van der Waals surface area contributed by atoms with E-state index in [-0.39, 0.29) is 17.9 Å². The highest BCUT2D eigenvalue weighted by molar-refractivity contribution is 5.80. The van der Waals surface area contributed by atoms with E-state index in [0.717, 1.165) is 11.3 Å². The third kappa shape index (κ3) is 5.15. The minimum Gasteiger partial charge on any atom is -0.497 e. The van der Waals surface area contributed by atoms with E-state index in [1.54, 1.807) is 12.0 Å². The lowest BCUT2D eigenvalue weighted by atomic mass is 10.1. The van der Waals surface area contributed by atoms with Gasteiger partial charge in [-0.15, -0.1) is 0 Å². The third-order valence-electron chi connectivity index (χ3n) is 3.81. The highest BCUT2D eigenvalue weighted by atomic mass is 16.6. The van der Waals surface area contributed by atoms with Crippen molar-refractivity contribution in [3.05, 3.63) is 29.8 Å². The third-order valence-corrected chi connectivity index (χ3v) is 3.81. The van der Waals surface area contributed by atoms with Crippen LogP contribution in [0.5, 0.6) is 5.75 Å². The van der Waals surface area contributed by atoms with Crippen LogP contribution in [0.1, 0.15) is 32.8 Å². The highest BCUT2D eigenvalue weighted by Crippen LogP contribution is 2.20. The standard InChI is InChI=1S/C18H26N2O4/c1-18(2,3)24-17(22)20-9-8-14(12-20)16(21)19-11-13-6-5-7-15(10-13)23-4/h5-7,10,14H,8-9,11-12H2,1-4H3,(H,19,21)/t14-/m1/s1. The average molecular weight is 334 g/mol. The molecule has 0 unspecified atom stereocenters. The van der Waals surface area contributed by atoms with Crippen LogP contribution in [0.25, 0.3) is 0 Å². The predicted octanol–water partition coefficient (Wildman–Crippen LogP) is 2.57. The van der Waals surface area contributed by atoms with E-state index in [2.05, 4.69) is 5.32 Å². The van der Waals surface area contributed by atoms with E-state index in [1.807, 2.05) is 45.0 Å². The van der Waals surface area contributed by atoms with E-state index < -0.39 is 5.60 Å². The van der Waals surface area contributed by atoms with Crippen LogP contribution >= 0.6 is 0 Å². The van der Waals surface area contributed by atoms with Gasteiger partial charge in [0, 0.05) is 19.6 Å². The molecular formula is C18H26N2O4. The van der Waals surface area contributed by atoms with Crippen LogP contribution in [-0.2, 0) is 16.1 Å². The Labute approximate surface area is 143 Å². The molecule has 6 nitrogen and oxygen atoms in total. The maximum absolute atomic E-state index is 12.3. The summed E-state index contributed by atoms with van der Waals surface area (Å²) in [5, 5.41) is 2.93. The van der Waals surface area contributed by atoms with Crippen molar-refractivity contribution in [2.75, 3.05) is 20.2 Å². The number of likely N-dealkylation sites (tertiary alicyclic amines) is 1. The molecule has 0 saturated carbocycles. The zero-order valence-corrected chi connectivity index (χ0v) is 14.8. The maximum Gasteiger partial charge on any atom is 0.410 e. The SMILES string of the molecule is COc1cccc(CNC(=O)[C@@H]2CCN(C(=O)OC(C)(C)C)C2)c1. The fraction of sp³-hybridized carbons (Fsp3) is 0.556. The quantitative estimate of drug-likeness (QED) is 0.919. The van der Waals surface area contributed by atoms with Gasteiger partial charge < -0.3 is 19.7 Å². The van der Waals surface area contributed by atoms with Gasteiger partial charge in [0.1, 0.15) is 11.4 Å². The summed E-state index contributed by atoms with van der Waals surface area (Å²) in [6.07, 6.45) is 0.300. The fourth-order valence-corrected chi connectivity index (χ4v) is 2.58. The van der Waals surface area contributed by atoms with Crippen LogP contribution in [0.4, 0.5) is 4.79 Å². The Balaban J connectivity index is 1.82. The molecule has 1 aromatic rings. The van der Waals surface area contributed by atoms with Crippen molar-refractivity contribution in [1.82, 2.24) is 10.2 Å². The summed E-state index contributed by atoms with van der Waals surface area (Å²) >= 11 is 0. The van der Waals surface area contributed by atoms with Gasteiger partial charge in [-0.2, -0.15) is 0 Å². The topological polar surface area (TPSA) is 67.9 Å². The lowest BCUT2D eigenvalue weighted by molar-refractivity contribution is -0.124. The summed E-state index contributed by atoms with van der Waals surface area (Å²) in [4.78, 5) is 25.9. The monoisotopic (exact) mass is 334 g/mol. The second kappa shape index (κ2) is 7.55. The number of carbonyl (C=O) groups excluding carboxylic acids is 2. The first-order chi connectivity index (χ1) is 11.3. The van der Waals surface area contributed by atoms with Gasteiger partial charge in [0.15, 0.2) is 0 Å². The zero-order valence-electron chi connectivity index (χ0n) is 14.8. The van der Waals surface area contributed by atoms with Crippen molar-refractivity contribution < 1.29 is 19.1 Å². The Morgan fingerprint density at radius 1 is 1.33 bits per heavy atom. The first kappa shape index (κ1) is 18.1. The normalized spacial score (nSPS) is 17.5. The summed E-state index contributed by atoms with van der Waals surface area (Å²) in [5.41, 5.74) is 0.453. The molecule has 1 N–H and O–H groups in total. The molecule has 0 aromatic heterocycles. The fourth-order valence-electron chi connectivity index (χ4n) is 2.58. The molecule has 0 bridgehead atoms. The maximum atomic E-state index is 12.3. The largest absolute Gasteiger partial charge is 0.497 e. The number of carbonyl (C=O) groups is 2. The molecule has 1 aromatic carbocycles. The number of amides is 2. The van der Waals surface area contributed by atoms with Crippen molar-refractivity contribution in [1.29, 1.82) is 0 Å². The number of rotatable bonds is 4. The number of nitrogens with zero attached hydrogens (tertiary/aromatic N) is 1. The van der Waals surface area contributed by atoms with Crippen molar-refractivity contribution in [2.24, 2.45) is 5.92 Å². The van der Waals surface area contributed by atoms with Crippen LogP contribution in [0, 0.1) is 5.92 Å². The van der Waals surface area contributed by atoms with E-state index in [4.69, 9.17) is 9.47 Å². The lowest BCUT2D eigenvalue weighted by Gasteiger charge is -2.24. The summed E-state index contributed by atoms with van der Waals surface area (Å²) in [6.45, 7) is 6.89. The molecule has 6 heteroatoms. The molecule has 1 fully saturated rings. The second-order valence-electron chi connectivity index (χ2n) is 6.98. The number of hydrogen-bond donors (Lipinski definition) is 1. The number of methoxy groups -OCH3 is 1. The molecule has 1 heterocycles. The summed E-state index contributed by atoms with van der Waals surface area (Å²) < 4.78 is 10.5. The minimum absolute atomic E-state index is 0.0381. The van der Waals surface area contributed by atoms with Gasteiger partial charge in [-0.25, -0.2) is 4.79 Å². The Bertz CT molecular complexity index is 595. The van der Waals surface area contributed by atoms with Crippen molar-refractivity contribution in [3.8, 4) is 5.75 Å². The van der Waals surface area contributed by atoms with E-state index >= 15 is 0 Å². The number of nitrogens with one attached hydrogen (secondary N) is 1. The number of ether oxygens (including phenoxy) is 2. The van der Waals surface area contributed by atoms with E-state index in [9.17, 15) is 9.59 Å². The Kier molecular flexibility index (Phi) is 5.70. The lowest BCUT2D eigenvalue weighted by Crippen LogP contribution is -2.37. The van der Waals surface area contributed by atoms with Crippen molar-refractivity contribution in [3.63, 3.8) is 0 Å². The minimum atomic E-state index is -0.524. The van der Waals surface area contributed by atoms with E-state index in [1.165, 1.54) is 0 Å². The molecule has 1 saturated heterocycles. The van der Waals surface area contributed by atoms with Gasteiger partial charge in [-0.3, -0.25) is 4.79 Å². The van der Waals surface area contributed by atoms with Gasteiger partial charge in [0.25, 0.3) is 0 Å². The van der Waals surface area contributed by atoms with Gasteiger partial charge in [0.05, 0.1) is 13.0 Å². The van der Waals surface area contributed by atoms with Gasteiger partial charge in [-0.1, -0.05) is 12.1 Å². The van der Waals surface area contributed by atoms with Gasteiger partial charge in [0.2, 0.25) is 5.91 Å². The molecule has 24 heavy (non-hydrogen) atoms. The Hall–Kier alpha value is -2.24. The molecule has 2 rings (SSSR count). The Morgan fingerprint density at radius 3 is 2.75 bits per heavy atom. The number of hydrogen-bond acceptors (Lipinski definition) is 4. The average Bonchev–Trinajstić information content (AvgIpc) is 3.01. The highest BCUT2D eigenvalue weighted by Gasteiger charge is 2.33. The van der Waals surface area contributed by atoms with Crippen molar-refractivity contribution in [2.45, 2.75) is 39.3 Å². The molecule has 0 spiro atoms. The molecule has 0 aliphatic carbocycles. The Morgan fingerprint density at radius 2 is 2.08 bits per heavy atom.